The predicted octanol–water partition coefficient (Wildman–Crippen LogP) is 2.34. The molecule has 0 radical (unpaired) electrons. The van der Waals surface area contributed by atoms with E-state index in [-0.39, 0.29) is 0 Å². The topological polar surface area (TPSA) is 77.9 Å². The van der Waals surface area contributed by atoms with Crippen molar-refractivity contribution in [3.05, 3.63) is 36.7 Å². The van der Waals surface area contributed by atoms with Crippen molar-refractivity contribution in [2.45, 2.75) is 18.9 Å². The van der Waals surface area contributed by atoms with Crippen LogP contribution in [0.4, 0.5) is 5.82 Å². The van der Waals surface area contributed by atoms with E-state index in [9.17, 15) is 0 Å². The second-order valence-electron chi connectivity index (χ2n) is 6.50. The zero-order valence-electron chi connectivity index (χ0n) is 15.1. The fourth-order valence-corrected chi connectivity index (χ4v) is 3.40. The van der Waals surface area contributed by atoms with E-state index in [0.717, 1.165) is 48.5 Å². The Hall–Kier alpha value is -2.80. The van der Waals surface area contributed by atoms with Crippen LogP contribution >= 0.6 is 0 Å². The summed E-state index contributed by atoms with van der Waals surface area (Å²) in [5.41, 5.74) is 8.87. The molecule has 0 bridgehead atoms. The van der Waals surface area contributed by atoms with E-state index >= 15 is 0 Å². The molecule has 26 heavy (non-hydrogen) atoms. The van der Waals surface area contributed by atoms with Gasteiger partial charge in [-0.05, 0) is 37.1 Å². The molecule has 0 atom stereocenters. The third-order valence-corrected chi connectivity index (χ3v) is 4.89. The fourth-order valence-electron chi connectivity index (χ4n) is 3.40. The lowest BCUT2D eigenvalue weighted by atomic mass is 10.1. The van der Waals surface area contributed by atoms with Gasteiger partial charge in [0.2, 0.25) is 0 Å². The number of nitrogens with two attached hydrogens (primary N) is 1. The first kappa shape index (κ1) is 16.7. The Morgan fingerprint density at radius 2 is 1.85 bits per heavy atom. The summed E-state index contributed by atoms with van der Waals surface area (Å²) in [6.07, 6.45) is 5.64. The van der Waals surface area contributed by atoms with E-state index in [1.807, 2.05) is 28.9 Å². The highest BCUT2D eigenvalue weighted by atomic mass is 16.5. The zero-order chi connectivity index (χ0) is 18.1. The van der Waals surface area contributed by atoms with Crippen LogP contribution in [0.3, 0.4) is 0 Å². The maximum atomic E-state index is 6.03. The van der Waals surface area contributed by atoms with Gasteiger partial charge < -0.3 is 20.1 Å². The monoisotopic (exact) mass is 353 g/mol. The Kier molecular flexibility index (Phi) is 4.38. The molecule has 2 aromatic heterocycles. The van der Waals surface area contributed by atoms with E-state index in [0.29, 0.717) is 17.5 Å². The minimum Gasteiger partial charge on any atom is -0.493 e. The van der Waals surface area contributed by atoms with Crippen molar-refractivity contribution in [3.63, 3.8) is 0 Å². The molecule has 3 aromatic rings. The molecule has 1 aliphatic rings. The molecule has 1 fully saturated rings. The molecule has 1 saturated heterocycles. The molecule has 0 aliphatic carbocycles. The first-order valence-electron chi connectivity index (χ1n) is 8.77. The zero-order valence-corrected chi connectivity index (χ0v) is 15.1. The second kappa shape index (κ2) is 6.84. The number of rotatable bonds is 4. The van der Waals surface area contributed by atoms with Crippen LogP contribution in [-0.2, 0) is 0 Å². The maximum Gasteiger partial charge on any atom is 0.161 e. The number of methoxy groups -OCH3 is 2. The number of ether oxygens (including phenoxy) is 2. The van der Waals surface area contributed by atoms with E-state index in [1.165, 1.54) is 0 Å². The molecule has 4 rings (SSSR count). The van der Waals surface area contributed by atoms with Gasteiger partial charge in [-0.1, -0.05) is 0 Å². The van der Waals surface area contributed by atoms with Crippen LogP contribution < -0.4 is 20.1 Å². The van der Waals surface area contributed by atoms with Gasteiger partial charge in [-0.15, -0.1) is 0 Å². The summed E-state index contributed by atoms with van der Waals surface area (Å²) in [4.78, 5) is 6.89. The average Bonchev–Trinajstić information content (AvgIpc) is 3.12. The van der Waals surface area contributed by atoms with Crippen molar-refractivity contribution in [3.8, 4) is 22.8 Å². The molecule has 7 heteroatoms. The Labute approximate surface area is 152 Å². The van der Waals surface area contributed by atoms with Gasteiger partial charge in [0.15, 0.2) is 17.3 Å². The smallest absolute Gasteiger partial charge is 0.161 e. The summed E-state index contributed by atoms with van der Waals surface area (Å²) >= 11 is 0. The van der Waals surface area contributed by atoms with Crippen LogP contribution in [0.2, 0.25) is 0 Å². The van der Waals surface area contributed by atoms with Crippen LogP contribution in [0.5, 0.6) is 11.5 Å². The van der Waals surface area contributed by atoms with Crippen molar-refractivity contribution < 1.29 is 9.47 Å². The third-order valence-electron chi connectivity index (χ3n) is 4.89. The van der Waals surface area contributed by atoms with Crippen LogP contribution in [0.15, 0.2) is 36.7 Å². The highest BCUT2D eigenvalue weighted by Gasteiger charge is 2.20. The van der Waals surface area contributed by atoms with Crippen LogP contribution in [0.25, 0.3) is 16.8 Å². The minimum atomic E-state index is 0.290. The van der Waals surface area contributed by atoms with Crippen molar-refractivity contribution in [1.82, 2.24) is 14.6 Å². The van der Waals surface area contributed by atoms with Crippen molar-refractivity contribution in [2.24, 2.45) is 5.73 Å². The van der Waals surface area contributed by atoms with Crippen LogP contribution in [0.1, 0.15) is 12.8 Å². The lowest BCUT2D eigenvalue weighted by Gasteiger charge is -2.31. The van der Waals surface area contributed by atoms with Gasteiger partial charge in [0.25, 0.3) is 0 Å². The number of piperidine rings is 1. The van der Waals surface area contributed by atoms with Crippen LogP contribution in [-0.4, -0.2) is 47.9 Å². The van der Waals surface area contributed by atoms with Gasteiger partial charge in [0.05, 0.1) is 19.9 Å². The number of aromatic nitrogens is 3. The number of fused-ring (bicyclic) bond motifs is 1. The predicted molar refractivity (Wildman–Crippen MR) is 101 cm³/mol. The molecule has 136 valence electrons. The number of nitrogens with zero attached hydrogens (tertiary/aromatic N) is 4. The number of anilines is 1. The maximum absolute atomic E-state index is 6.03. The SMILES string of the molecule is COc1ccc(-c2cc3c(N4CCC(N)CC4)nccn3n2)cc1OC. The summed E-state index contributed by atoms with van der Waals surface area (Å²) in [5.74, 6) is 2.34. The number of benzene rings is 1. The minimum absolute atomic E-state index is 0.290. The molecular weight excluding hydrogens is 330 g/mol. The molecule has 0 unspecified atom stereocenters. The normalized spacial score (nSPS) is 15.4. The van der Waals surface area contributed by atoms with E-state index < -0.39 is 0 Å². The van der Waals surface area contributed by atoms with Gasteiger partial charge in [-0.25, -0.2) is 9.50 Å². The van der Waals surface area contributed by atoms with Gasteiger partial charge in [-0.2, -0.15) is 5.10 Å². The molecule has 1 aliphatic heterocycles. The molecule has 3 heterocycles. The summed E-state index contributed by atoms with van der Waals surface area (Å²) in [5, 5.41) is 4.71. The van der Waals surface area contributed by atoms with Crippen molar-refractivity contribution in [1.29, 1.82) is 0 Å². The molecule has 0 saturated carbocycles. The van der Waals surface area contributed by atoms with Crippen molar-refractivity contribution >= 4 is 11.3 Å². The fraction of sp³-hybridized carbons (Fsp3) is 0.368. The molecule has 0 amide bonds. The van der Waals surface area contributed by atoms with Gasteiger partial charge in [0.1, 0.15) is 5.52 Å². The quantitative estimate of drug-likeness (QED) is 0.776. The van der Waals surface area contributed by atoms with Crippen molar-refractivity contribution in [2.75, 3.05) is 32.2 Å². The van der Waals surface area contributed by atoms with E-state index in [4.69, 9.17) is 20.3 Å². The largest absolute Gasteiger partial charge is 0.493 e. The van der Waals surface area contributed by atoms with E-state index in [2.05, 4.69) is 16.0 Å². The third kappa shape index (κ3) is 2.94. The standard InChI is InChI=1S/C19H23N5O2/c1-25-17-4-3-13(11-18(17)26-2)15-12-16-19(21-7-10-24(16)22-15)23-8-5-14(20)6-9-23/h3-4,7,10-12,14H,5-6,8-9,20H2,1-2H3. The summed E-state index contributed by atoms with van der Waals surface area (Å²) in [6.45, 7) is 1.84. The average molecular weight is 353 g/mol. The molecule has 7 nitrogen and oxygen atoms in total. The molecule has 1 aromatic carbocycles. The van der Waals surface area contributed by atoms with Gasteiger partial charge >= 0.3 is 0 Å². The summed E-state index contributed by atoms with van der Waals surface area (Å²) in [6, 6.07) is 8.17. The molecule has 2 N–H and O–H groups in total. The Morgan fingerprint density at radius 1 is 1.08 bits per heavy atom. The second-order valence-corrected chi connectivity index (χ2v) is 6.50. The van der Waals surface area contributed by atoms with E-state index in [1.54, 1.807) is 20.4 Å². The van der Waals surface area contributed by atoms with Crippen LogP contribution in [0, 0.1) is 0 Å². The lowest BCUT2D eigenvalue weighted by Crippen LogP contribution is -2.40. The number of hydrogen-bond acceptors (Lipinski definition) is 6. The Morgan fingerprint density at radius 3 is 2.58 bits per heavy atom. The first-order valence-corrected chi connectivity index (χ1v) is 8.77. The Balaban J connectivity index is 1.73. The summed E-state index contributed by atoms with van der Waals surface area (Å²) in [7, 11) is 3.26. The highest BCUT2D eigenvalue weighted by Crippen LogP contribution is 2.33. The molecular formula is C19H23N5O2. The van der Waals surface area contributed by atoms with Gasteiger partial charge in [0, 0.05) is 37.1 Å². The number of hydrogen-bond donors (Lipinski definition) is 1. The Bertz CT molecular complexity index is 915. The highest BCUT2D eigenvalue weighted by molar-refractivity contribution is 5.76. The molecule has 0 spiro atoms. The first-order chi connectivity index (χ1) is 12.7. The lowest BCUT2D eigenvalue weighted by molar-refractivity contribution is 0.355. The van der Waals surface area contributed by atoms with Gasteiger partial charge in [-0.3, -0.25) is 0 Å². The summed E-state index contributed by atoms with van der Waals surface area (Å²) < 4.78 is 12.6.